The predicted molar refractivity (Wildman–Crippen MR) is 71.0 cm³/mol. The molecule has 2 rings (SSSR count). The van der Waals surface area contributed by atoms with Gasteiger partial charge in [-0.25, -0.2) is 4.39 Å². The highest BCUT2D eigenvalue weighted by molar-refractivity contribution is 6.50. The fourth-order valence-corrected chi connectivity index (χ4v) is 1.72. The summed E-state index contributed by atoms with van der Waals surface area (Å²) in [6, 6.07) is 14.5. The molecule has 0 aromatic heterocycles. The Labute approximate surface area is 110 Å². The van der Waals surface area contributed by atoms with Crippen molar-refractivity contribution in [1.29, 1.82) is 0 Å². The lowest BCUT2D eigenvalue weighted by Crippen LogP contribution is -1.95. The molecule has 2 aromatic carbocycles. The molecule has 0 aliphatic rings. The van der Waals surface area contributed by atoms with Crippen molar-refractivity contribution >= 4 is 22.4 Å². The minimum atomic E-state index is -0.371. The number of carbonyl (C=O) groups excluding carboxylic acids is 1. The second-order valence-corrected chi connectivity index (χ2v) is 4.14. The van der Waals surface area contributed by atoms with Crippen LogP contribution < -0.4 is 0 Å². The third kappa shape index (κ3) is 3.05. The molecule has 18 heavy (non-hydrogen) atoms. The van der Waals surface area contributed by atoms with Crippen LogP contribution in [0.25, 0.3) is 5.03 Å². The summed E-state index contributed by atoms with van der Waals surface area (Å²) in [5.41, 5.74) is 1.18. The smallest absolute Gasteiger partial charge is 0.187 e. The third-order valence-corrected chi connectivity index (χ3v) is 2.76. The Kier molecular flexibility index (Phi) is 3.90. The first-order chi connectivity index (χ1) is 8.66. The maximum atomic E-state index is 12.7. The van der Waals surface area contributed by atoms with Gasteiger partial charge in [-0.3, -0.25) is 4.79 Å². The summed E-state index contributed by atoms with van der Waals surface area (Å²) in [5.74, 6) is -0.617. The van der Waals surface area contributed by atoms with Gasteiger partial charge in [-0.2, -0.15) is 0 Å². The average molecular weight is 261 g/mol. The summed E-state index contributed by atoms with van der Waals surface area (Å²) < 4.78 is 12.7. The zero-order valence-corrected chi connectivity index (χ0v) is 10.2. The first-order valence-electron chi connectivity index (χ1n) is 5.39. The van der Waals surface area contributed by atoms with Crippen LogP contribution in [0.1, 0.15) is 15.9 Å². The van der Waals surface area contributed by atoms with Crippen LogP contribution in [-0.4, -0.2) is 5.78 Å². The number of carbonyl (C=O) groups is 1. The quantitative estimate of drug-likeness (QED) is 0.594. The molecule has 0 bridgehead atoms. The molecule has 2 aromatic rings. The van der Waals surface area contributed by atoms with Gasteiger partial charge in [-0.15, -0.1) is 0 Å². The van der Waals surface area contributed by atoms with E-state index in [-0.39, 0.29) is 11.6 Å². The first-order valence-corrected chi connectivity index (χ1v) is 5.77. The Morgan fingerprint density at radius 2 is 1.56 bits per heavy atom. The van der Waals surface area contributed by atoms with E-state index in [1.54, 1.807) is 0 Å². The summed E-state index contributed by atoms with van der Waals surface area (Å²) in [6.45, 7) is 0. The molecular formula is C15H10ClFO. The van der Waals surface area contributed by atoms with Gasteiger partial charge < -0.3 is 0 Å². The van der Waals surface area contributed by atoms with Crippen LogP contribution in [0.2, 0.25) is 0 Å². The molecule has 0 saturated heterocycles. The number of halogens is 2. The van der Waals surface area contributed by atoms with Crippen molar-refractivity contribution in [3.63, 3.8) is 0 Å². The lowest BCUT2D eigenvalue weighted by atomic mass is 10.1. The molecule has 0 heterocycles. The lowest BCUT2D eigenvalue weighted by molar-refractivity contribution is 0.104. The first kappa shape index (κ1) is 12.5. The van der Waals surface area contributed by atoms with Crippen LogP contribution in [0.3, 0.4) is 0 Å². The van der Waals surface area contributed by atoms with Crippen molar-refractivity contribution in [1.82, 2.24) is 0 Å². The van der Waals surface area contributed by atoms with Crippen molar-refractivity contribution in [2.75, 3.05) is 0 Å². The Morgan fingerprint density at radius 3 is 2.17 bits per heavy atom. The van der Waals surface area contributed by atoms with Crippen molar-refractivity contribution in [3.05, 3.63) is 77.6 Å². The van der Waals surface area contributed by atoms with Gasteiger partial charge in [-0.1, -0.05) is 41.9 Å². The molecule has 0 unspecified atom stereocenters. The van der Waals surface area contributed by atoms with Gasteiger partial charge in [0.25, 0.3) is 0 Å². The van der Waals surface area contributed by atoms with Crippen LogP contribution in [0.5, 0.6) is 0 Å². The molecule has 0 atom stereocenters. The molecule has 0 radical (unpaired) electrons. The maximum Gasteiger partial charge on any atom is 0.187 e. The van der Waals surface area contributed by atoms with Gasteiger partial charge in [0, 0.05) is 11.6 Å². The maximum absolute atomic E-state index is 12.7. The number of hydrogen-bond acceptors (Lipinski definition) is 1. The van der Waals surface area contributed by atoms with Gasteiger partial charge in [0.05, 0.1) is 5.03 Å². The molecule has 0 amide bonds. The van der Waals surface area contributed by atoms with Crippen LogP contribution in [0.4, 0.5) is 4.39 Å². The van der Waals surface area contributed by atoms with Crippen molar-refractivity contribution in [3.8, 4) is 0 Å². The van der Waals surface area contributed by atoms with Gasteiger partial charge in [-0.05, 0) is 29.8 Å². The summed E-state index contributed by atoms with van der Waals surface area (Å²) in [5, 5.41) is 0.366. The number of allylic oxidation sites excluding steroid dienone is 1. The van der Waals surface area contributed by atoms with E-state index in [2.05, 4.69) is 0 Å². The van der Waals surface area contributed by atoms with E-state index in [1.807, 2.05) is 30.3 Å². The average Bonchev–Trinajstić information content (AvgIpc) is 2.40. The molecule has 0 fully saturated rings. The largest absolute Gasteiger partial charge is 0.289 e. The molecule has 1 nitrogen and oxygen atoms in total. The number of benzene rings is 2. The van der Waals surface area contributed by atoms with Gasteiger partial charge in [0.2, 0.25) is 0 Å². The summed E-state index contributed by atoms with van der Waals surface area (Å²) in [6.07, 6.45) is 1.34. The zero-order chi connectivity index (χ0) is 13.0. The third-order valence-electron chi connectivity index (χ3n) is 2.44. The molecule has 0 aliphatic heterocycles. The second-order valence-electron chi connectivity index (χ2n) is 3.73. The fraction of sp³-hybridized carbons (Fsp3) is 0. The van der Waals surface area contributed by atoms with E-state index < -0.39 is 0 Å². The van der Waals surface area contributed by atoms with Crippen molar-refractivity contribution in [2.45, 2.75) is 0 Å². The number of hydrogen-bond donors (Lipinski definition) is 0. The number of rotatable bonds is 3. The molecule has 0 spiro atoms. The van der Waals surface area contributed by atoms with Crippen molar-refractivity contribution < 1.29 is 9.18 Å². The fourth-order valence-electron chi connectivity index (χ4n) is 1.49. The van der Waals surface area contributed by atoms with Gasteiger partial charge in [0.1, 0.15) is 5.82 Å². The van der Waals surface area contributed by atoms with Gasteiger partial charge in [0.15, 0.2) is 5.78 Å². The normalized spacial score (nSPS) is 11.3. The Morgan fingerprint density at radius 1 is 0.944 bits per heavy atom. The van der Waals surface area contributed by atoms with Crippen LogP contribution in [-0.2, 0) is 0 Å². The van der Waals surface area contributed by atoms with Crippen molar-refractivity contribution in [2.24, 2.45) is 0 Å². The van der Waals surface area contributed by atoms with E-state index >= 15 is 0 Å². The van der Waals surface area contributed by atoms with E-state index in [0.717, 1.165) is 5.56 Å². The SMILES string of the molecule is O=C(/C=C(\Cl)c1ccccc1)c1ccc(F)cc1. The molecule has 0 saturated carbocycles. The van der Waals surface area contributed by atoms with Crippen LogP contribution in [0, 0.1) is 5.82 Å². The van der Waals surface area contributed by atoms with E-state index in [9.17, 15) is 9.18 Å². The molecule has 0 aliphatic carbocycles. The molecule has 3 heteroatoms. The second kappa shape index (κ2) is 5.61. The van der Waals surface area contributed by atoms with E-state index in [4.69, 9.17) is 11.6 Å². The monoisotopic (exact) mass is 260 g/mol. The lowest BCUT2D eigenvalue weighted by Gasteiger charge is -1.99. The standard InChI is InChI=1S/C15H10ClFO/c16-14(11-4-2-1-3-5-11)10-15(18)12-6-8-13(17)9-7-12/h1-10H/b14-10-. The summed E-state index contributed by atoms with van der Waals surface area (Å²) >= 11 is 6.05. The number of ketones is 1. The molecule has 0 N–H and O–H groups in total. The summed E-state index contributed by atoms with van der Waals surface area (Å²) in [4.78, 5) is 11.9. The predicted octanol–water partition coefficient (Wildman–Crippen LogP) is 4.29. The van der Waals surface area contributed by atoms with Crippen LogP contribution >= 0.6 is 11.6 Å². The zero-order valence-electron chi connectivity index (χ0n) is 9.44. The Balaban J connectivity index is 2.23. The highest BCUT2D eigenvalue weighted by Gasteiger charge is 2.05. The van der Waals surface area contributed by atoms with Crippen LogP contribution in [0.15, 0.2) is 60.7 Å². The topological polar surface area (TPSA) is 17.1 Å². The molecular weight excluding hydrogens is 251 g/mol. The Bertz CT molecular complexity index is 573. The summed E-state index contributed by atoms with van der Waals surface area (Å²) in [7, 11) is 0. The van der Waals surface area contributed by atoms with E-state index in [1.165, 1.54) is 30.3 Å². The minimum Gasteiger partial charge on any atom is -0.289 e. The highest BCUT2D eigenvalue weighted by atomic mass is 35.5. The Hall–Kier alpha value is -1.93. The highest BCUT2D eigenvalue weighted by Crippen LogP contribution is 2.19. The molecule has 90 valence electrons. The van der Waals surface area contributed by atoms with E-state index in [0.29, 0.717) is 10.6 Å². The van der Waals surface area contributed by atoms with Gasteiger partial charge >= 0.3 is 0 Å². The minimum absolute atomic E-state index is 0.246.